The zero-order chi connectivity index (χ0) is 15.9. The first-order valence-electron chi connectivity index (χ1n) is 7.14. The third kappa shape index (κ3) is 3.79. The maximum absolute atomic E-state index is 12.3. The van der Waals surface area contributed by atoms with Crippen LogP contribution in [0.4, 0.5) is 11.6 Å². The van der Waals surface area contributed by atoms with Gasteiger partial charge in [-0.2, -0.15) is 0 Å². The summed E-state index contributed by atoms with van der Waals surface area (Å²) in [6, 6.07) is 0. The molecule has 0 atom stereocenters. The average Bonchev–Trinajstić information content (AvgIpc) is 2.55. The van der Waals surface area contributed by atoms with Crippen LogP contribution in [0.5, 0.6) is 0 Å². The van der Waals surface area contributed by atoms with E-state index in [0.29, 0.717) is 11.7 Å². The highest BCUT2D eigenvalue weighted by Gasteiger charge is 2.18. The molecule has 1 amide bonds. The molecule has 1 aromatic heterocycles. The molecule has 2 rings (SSSR count). The van der Waals surface area contributed by atoms with E-state index < -0.39 is 5.91 Å². The predicted octanol–water partition coefficient (Wildman–Crippen LogP) is -0.197. The van der Waals surface area contributed by atoms with Crippen molar-refractivity contribution in [1.29, 1.82) is 0 Å². The van der Waals surface area contributed by atoms with Crippen molar-refractivity contribution >= 4 is 23.4 Å². The van der Waals surface area contributed by atoms with Gasteiger partial charge < -0.3 is 21.3 Å². The second-order valence-corrected chi connectivity index (χ2v) is 4.76. The van der Waals surface area contributed by atoms with Crippen molar-refractivity contribution in [3.8, 4) is 0 Å². The Bertz CT molecular complexity index is 591. The fourth-order valence-electron chi connectivity index (χ4n) is 2.11. The number of nitrogens with zero attached hydrogens (tertiary/aromatic N) is 4. The van der Waals surface area contributed by atoms with Gasteiger partial charge in [0.1, 0.15) is 11.7 Å². The summed E-state index contributed by atoms with van der Waals surface area (Å²) in [5, 5.41) is 5.93. The predicted molar refractivity (Wildman–Crippen MR) is 87.2 cm³/mol. The molecule has 0 radical (unpaired) electrons. The Hall–Kier alpha value is -2.48. The average molecular weight is 303 g/mol. The molecule has 0 bridgehead atoms. The molecule has 1 aliphatic rings. The smallest absolute Gasteiger partial charge is 0.279 e. The number of carbonyl (C=O) groups is 1. The van der Waals surface area contributed by atoms with Gasteiger partial charge in [-0.3, -0.25) is 9.79 Å². The highest BCUT2D eigenvalue weighted by molar-refractivity contribution is 6.10. The third-order valence-electron chi connectivity index (χ3n) is 3.25. The molecule has 0 spiro atoms. The van der Waals surface area contributed by atoms with Crippen LogP contribution in [0.25, 0.3) is 0 Å². The zero-order valence-electron chi connectivity index (χ0n) is 12.8. The first-order chi connectivity index (χ1) is 10.7. The first-order valence-corrected chi connectivity index (χ1v) is 7.14. The molecule has 0 aliphatic carbocycles. The Labute approximate surface area is 129 Å². The summed E-state index contributed by atoms with van der Waals surface area (Å²) in [7, 11) is 1.60. The Morgan fingerprint density at radius 2 is 2.23 bits per heavy atom. The normalized spacial score (nSPS) is 16.1. The minimum atomic E-state index is -0.416. The van der Waals surface area contributed by atoms with E-state index in [2.05, 4.69) is 30.5 Å². The van der Waals surface area contributed by atoms with Gasteiger partial charge in [0.25, 0.3) is 5.91 Å². The second kappa shape index (κ2) is 7.51. The quantitative estimate of drug-likeness (QED) is 0.527. The summed E-state index contributed by atoms with van der Waals surface area (Å²) in [5.74, 6) is 0.788. The molecule has 1 fully saturated rings. The molecule has 0 unspecified atom stereocenters. The highest BCUT2D eigenvalue weighted by atomic mass is 16.2. The van der Waals surface area contributed by atoms with E-state index >= 15 is 0 Å². The highest BCUT2D eigenvalue weighted by Crippen LogP contribution is 2.14. The Morgan fingerprint density at radius 1 is 1.50 bits per heavy atom. The zero-order valence-corrected chi connectivity index (χ0v) is 12.8. The van der Waals surface area contributed by atoms with Gasteiger partial charge in [0, 0.05) is 33.2 Å². The number of aliphatic imine (C=N–C) groups is 1. The number of anilines is 2. The van der Waals surface area contributed by atoms with Gasteiger partial charge >= 0.3 is 0 Å². The number of allylic oxidation sites excluding steroid dienone is 1. The lowest BCUT2D eigenvalue weighted by Gasteiger charge is -2.28. The van der Waals surface area contributed by atoms with Gasteiger partial charge in [0.2, 0.25) is 0 Å². The maximum Gasteiger partial charge on any atom is 0.279 e. The lowest BCUT2D eigenvalue weighted by atomic mass is 10.3. The number of nitrogens with one attached hydrogen (secondary N) is 2. The fraction of sp³-hybridized carbons (Fsp3) is 0.429. The SMILES string of the molecule is C/C=C\C(=NC)NC(=O)c1nc(N2CCNCC2)cnc1N. The maximum atomic E-state index is 12.3. The number of hydrogen-bond acceptors (Lipinski definition) is 7. The van der Waals surface area contributed by atoms with Gasteiger partial charge in [-0.05, 0) is 13.0 Å². The fourth-order valence-corrected chi connectivity index (χ4v) is 2.11. The molecule has 4 N–H and O–H groups in total. The van der Waals surface area contributed by atoms with Crippen LogP contribution >= 0.6 is 0 Å². The summed E-state index contributed by atoms with van der Waals surface area (Å²) >= 11 is 0. The van der Waals surface area contributed by atoms with Crippen molar-refractivity contribution in [2.75, 3.05) is 43.9 Å². The second-order valence-electron chi connectivity index (χ2n) is 4.76. The van der Waals surface area contributed by atoms with Crippen LogP contribution in [-0.4, -0.2) is 54.9 Å². The molecular formula is C14H21N7O. The number of amides is 1. The van der Waals surface area contributed by atoms with Gasteiger partial charge in [-0.1, -0.05) is 6.08 Å². The van der Waals surface area contributed by atoms with Crippen molar-refractivity contribution in [2.45, 2.75) is 6.92 Å². The largest absolute Gasteiger partial charge is 0.382 e. The van der Waals surface area contributed by atoms with Gasteiger partial charge in [-0.25, -0.2) is 9.97 Å². The summed E-state index contributed by atoms with van der Waals surface area (Å²) in [6.45, 7) is 5.24. The van der Waals surface area contributed by atoms with Crippen LogP contribution in [0.2, 0.25) is 0 Å². The number of hydrogen-bond donors (Lipinski definition) is 3. The monoisotopic (exact) mass is 303 g/mol. The van der Waals surface area contributed by atoms with E-state index in [1.54, 1.807) is 25.4 Å². The van der Waals surface area contributed by atoms with Gasteiger partial charge in [-0.15, -0.1) is 0 Å². The van der Waals surface area contributed by atoms with Crippen LogP contribution in [0.1, 0.15) is 17.4 Å². The van der Waals surface area contributed by atoms with Gasteiger partial charge in [0.15, 0.2) is 11.5 Å². The summed E-state index contributed by atoms with van der Waals surface area (Å²) in [6.07, 6.45) is 5.08. The lowest BCUT2D eigenvalue weighted by Crippen LogP contribution is -2.44. The topological polar surface area (TPSA) is 109 Å². The van der Waals surface area contributed by atoms with E-state index in [-0.39, 0.29) is 11.5 Å². The molecule has 1 saturated heterocycles. The van der Waals surface area contributed by atoms with E-state index in [9.17, 15) is 4.79 Å². The number of carbonyl (C=O) groups excluding carboxylic acids is 1. The minimum absolute atomic E-state index is 0.104. The van der Waals surface area contributed by atoms with E-state index in [4.69, 9.17) is 5.73 Å². The van der Waals surface area contributed by atoms with E-state index in [1.807, 2.05) is 6.92 Å². The van der Waals surface area contributed by atoms with Crippen molar-refractivity contribution in [1.82, 2.24) is 20.6 Å². The molecule has 8 heteroatoms. The van der Waals surface area contributed by atoms with Crippen molar-refractivity contribution in [3.63, 3.8) is 0 Å². The van der Waals surface area contributed by atoms with Crippen molar-refractivity contribution in [3.05, 3.63) is 24.0 Å². The molecule has 1 aliphatic heterocycles. The van der Waals surface area contributed by atoms with Crippen LogP contribution in [0.15, 0.2) is 23.3 Å². The van der Waals surface area contributed by atoms with E-state index in [0.717, 1.165) is 26.2 Å². The first kappa shape index (κ1) is 15.9. The van der Waals surface area contributed by atoms with Crippen LogP contribution in [0, 0.1) is 0 Å². The Morgan fingerprint density at radius 3 is 2.86 bits per heavy atom. The number of piperazine rings is 1. The molecule has 118 valence electrons. The molecule has 0 saturated carbocycles. The summed E-state index contributed by atoms with van der Waals surface area (Å²) in [5.41, 5.74) is 5.90. The standard InChI is InChI=1S/C14H21N7O/c1-3-4-10(16-2)19-14(22)12-13(15)18-9-11(20-12)21-7-5-17-6-8-21/h3-4,9,17H,5-8H2,1-2H3,(H2,15,18)(H,16,19,22)/b4-3-. The Kier molecular flexibility index (Phi) is 5.42. The number of nitrogen functional groups attached to an aromatic ring is 1. The molecule has 22 heavy (non-hydrogen) atoms. The number of rotatable bonds is 3. The number of nitrogens with two attached hydrogens (primary N) is 1. The molecule has 0 aromatic carbocycles. The van der Waals surface area contributed by atoms with Crippen LogP contribution in [0.3, 0.4) is 0 Å². The summed E-state index contributed by atoms with van der Waals surface area (Å²) < 4.78 is 0. The molecular weight excluding hydrogens is 282 g/mol. The van der Waals surface area contributed by atoms with Crippen LogP contribution < -0.4 is 21.3 Å². The van der Waals surface area contributed by atoms with Crippen molar-refractivity contribution < 1.29 is 4.79 Å². The van der Waals surface area contributed by atoms with Crippen molar-refractivity contribution in [2.24, 2.45) is 4.99 Å². The summed E-state index contributed by atoms with van der Waals surface area (Å²) in [4.78, 5) is 26.8. The molecule has 1 aromatic rings. The minimum Gasteiger partial charge on any atom is -0.382 e. The lowest BCUT2D eigenvalue weighted by molar-refractivity contribution is 0.0973. The Balaban J connectivity index is 2.20. The van der Waals surface area contributed by atoms with Crippen LogP contribution in [-0.2, 0) is 0 Å². The third-order valence-corrected chi connectivity index (χ3v) is 3.25. The number of aromatic nitrogens is 2. The number of amidine groups is 1. The molecule has 2 heterocycles. The molecule has 8 nitrogen and oxygen atoms in total. The van der Waals surface area contributed by atoms with Gasteiger partial charge in [0.05, 0.1) is 6.20 Å². The van der Waals surface area contributed by atoms with E-state index in [1.165, 1.54) is 0 Å².